The van der Waals surface area contributed by atoms with Crippen molar-refractivity contribution in [2.45, 2.75) is 17.3 Å². The van der Waals surface area contributed by atoms with Crippen LogP contribution in [0.1, 0.15) is 13.3 Å². The highest BCUT2D eigenvalue weighted by atomic mass is 127. The lowest BCUT2D eigenvalue weighted by atomic mass is 10.4. The maximum absolute atomic E-state index is 13.3. The molecule has 0 unspecified atom stereocenters. The third-order valence-electron chi connectivity index (χ3n) is 1.69. The normalized spacial score (nSPS) is 12.4. The Kier molecular flexibility index (Phi) is 4.39. The summed E-state index contributed by atoms with van der Waals surface area (Å²) < 4.78 is 26.3. The zero-order chi connectivity index (χ0) is 12.2. The van der Waals surface area contributed by atoms with Crippen LogP contribution >= 0.6 is 20.7 Å². The first-order valence-electron chi connectivity index (χ1n) is 4.41. The summed E-state index contributed by atoms with van der Waals surface area (Å²) >= 11 is -1.34. The highest BCUT2D eigenvalue weighted by molar-refractivity contribution is 14.2. The molecule has 0 spiro atoms. The molecule has 16 heavy (non-hydrogen) atoms. The fraction of sp³-hybridized carbons (Fsp3) is 0.333. The van der Waals surface area contributed by atoms with Crippen molar-refractivity contribution in [1.82, 2.24) is 9.55 Å². The third-order valence-corrected chi connectivity index (χ3v) is 3.60. The average molecular weight is 340 g/mol. The molecule has 1 heterocycles. The van der Waals surface area contributed by atoms with E-state index in [-0.39, 0.29) is 11.3 Å². The van der Waals surface area contributed by atoms with Crippen molar-refractivity contribution < 1.29 is 8.78 Å². The summed E-state index contributed by atoms with van der Waals surface area (Å²) in [5.74, 6) is -0.279. The molecule has 2 N–H and O–H groups in total. The first-order valence-corrected chi connectivity index (χ1v) is 6.74. The van der Waals surface area contributed by atoms with Gasteiger partial charge in [-0.2, -0.15) is 8.78 Å². The summed E-state index contributed by atoms with van der Waals surface area (Å²) in [6.45, 7) is 1.60. The van der Waals surface area contributed by atoms with Crippen molar-refractivity contribution in [1.29, 1.82) is 10.8 Å². The maximum atomic E-state index is 13.3. The number of rotatable bonds is 3. The fourth-order valence-electron chi connectivity index (χ4n) is 1.07. The number of alkyl halides is 3. The number of hydrogen-bond donors (Lipinski definition) is 2. The van der Waals surface area contributed by atoms with Gasteiger partial charge in [0.15, 0.2) is 0 Å². The van der Waals surface area contributed by atoms with Crippen molar-refractivity contribution in [3.63, 3.8) is 0 Å². The molecule has 0 aromatic carbocycles. The van der Waals surface area contributed by atoms with E-state index in [2.05, 4.69) is 4.98 Å². The predicted molar refractivity (Wildman–Crippen MR) is 66.5 cm³/mol. The molecule has 0 amide bonds. The van der Waals surface area contributed by atoms with Crippen molar-refractivity contribution >= 4 is 30.6 Å². The number of nitrogens with zero attached hydrogens (tertiary/aromatic N) is 2. The van der Waals surface area contributed by atoms with Gasteiger partial charge in [-0.25, -0.2) is 0 Å². The Bertz CT molecular complexity index is 467. The molecule has 0 aliphatic heterocycles. The minimum Gasteiger partial charge on any atom is -0.288 e. The molecule has 0 radical (unpaired) electrons. The van der Waals surface area contributed by atoms with Crippen LogP contribution in [0.2, 0.25) is 0 Å². The predicted octanol–water partition coefficient (Wildman–Crippen LogP) is 1.96. The van der Waals surface area contributed by atoms with E-state index >= 15 is 0 Å². The van der Waals surface area contributed by atoms with E-state index in [0.29, 0.717) is 0 Å². The molecule has 0 aliphatic rings. The van der Waals surface area contributed by atoms with Gasteiger partial charge in [0.2, 0.25) is 0 Å². The lowest BCUT2D eigenvalue weighted by Gasteiger charge is -2.13. The van der Waals surface area contributed by atoms with Crippen LogP contribution < -0.4 is 5.49 Å². The van der Waals surface area contributed by atoms with E-state index < -0.39 is 31.1 Å². The van der Waals surface area contributed by atoms with E-state index in [1.165, 1.54) is 22.6 Å². The third kappa shape index (κ3) is 3.54. The fourth-order valence-corrected chi connectivity index (χ4v) is 2.56. The smallest absolute Gasteiger partial charge is 0.288 e. The first kappa shape index (κ1) is 13.1. The zero-order valence-corrected chi connectivity index (χ0v) is 10.7. The summed E-state index contributed by atoms with van der Waals surface area (Å²) in [7, 11) is 0. The standard InChI is InChI=1S/C9H11F2IN4/c1-2-12-9(10,11)5-7(13)16-4-3-15-6-8(16)14/h2-4,6,13-14H,5H2,1H3. The van der Waals surface area contributed by atoms with Gasteiger partial charge < -0.3 is 0 Å². The minimum absolute atomic E-state index is 0.0676. The van der Waals surface area contributed by atoms with Crippen LogP contribution in [0.25, 0.3) is 0 Å². The molecule has 0 fully saturated rings. The van der Waals surface area contributed by atoms with E-state index in [0.717, 1.165) is 4.57 Å². The highest BCUT2D eigenvalue weighted by Crippen LogP contribution is 2.31. The molecule has 7 heteroatoms. The van der Waals surface area contributed by atoms with Crippen molar-refractivity contribution in [2.75, 3.05) is 0 Å². The van der Waals surface area contributed by atoms with Gasteiger partial charge >= 0.3 is 0 Å². The second-order valence-corrected chi connectivity index (χ2v) is 6.34. The molecule has 0 aliphatic carbocycles. The molecular weight excluding hydrogens is 329 g/mol. The van der Waals surface area contributed by atoms with Crippen molar-refractivity contribution in [3.05, 3.63) is 24.1 Å². The first-order chi connectivity index (χ1) is 7.46. The molecule has 0 saturated carbocycles. The molecule has 1 aromatic heterocycles. The van der Waals surface area contributed by atoms with Crippen molar-refractivity contribution in [2.24, 2.45) is 0 Å². The van der Waals surface area contributed by atoms with Crippen LogP contribution in [0.5, 0.6) is 0 Å². The van der Waals surface area contributed by atoms with Crippen LogP contribution in [0.3, 0.4) is 0 Å². The second-order valence-electron chi connectivity index (χ2n) is 2.90. The van der Waals surface area contributed by atoms with E-state index in [9.17, 15) is 8.78 Å². The Hall–Kier alpha value is -0.990. The minimum atomic E-state index is -2.83. The van der Waals surface area contributed by atoms with Gasteiger partial charge in [-0.1, -0.05) is 4.01 Å². The number of aromatic nitrogens is 2. The Balaban J connectivity index is 2.89. The van der Waals surface area contributed by atoms with Gasteiger partial charge in [0, 0.05) is 12.4 Å². The van der Waals surface area contributed by atoms with Crippen LogP contribution in [0.4, 0.5) is 8.78 Å². The largest absolute Gasteiger partial charge is 0.298 e. The highest BCUT2D eigenvalue weighted by Gasteiger charge is 2.28. The molecule has 1 rings (SSSR count). The molecule has 0 saturated heterocycles. The molecule has 88 valence electrons. The topological polar surface area (TPSA) is 65.5 Å². The van der Waals surface area contributed by atoms with Gasteiger partial charge in [0.25, 0.3) is 3.93 Å². The van der Waals surface area contributed by atoms with E-state index in [4.69, 9.17) is 10.8 Å². The van der Waals surface area contributed by atoms with Crippen LogP contribution in [0, 0.1) is 10.8 Å². The van der Waals surface area contributed by atoms with Gasteiger partial charge in [0.05, 0.1) is 12.6 Å². The van der Waals surface area contributed by atoms with Crippen LogP contribution in [-0.4, -0.2) is 23.3 Å². The van der Waals surface area contributed by atoms with E-state index in [1.54, 1.807) is 6.92 Å². The average Bonchev–Trinajstić information content (AvgIpc) is 2.17. The van der Waals surface area contributed by atoms with Gasteiger partial charge in [-0.3, -0.25) is 20.4 Å². The molecule has 0 bridgehead atoms. The summed E-state index contributed by atoms with van der Waals surface area (Å²) in [5, 5.41) is 15.0. The van der Waals surface area contributed by atoms with Gasteiger partial charge in [-0.05, 0) is 27.7 Å². The SMILES string of the molecule is CC=IC(F)(F)CC(=N)n1ccncc1=N. The summed E-state index contributed by atoms with van der Waals surface area (Å²) in [6.07, 6.45) is 3.29. The lowest BCUT2D eigenvalue weighted by Crippen LogP contribution is -2.29. The summed E-state index contributed by atoms with van der Waals surface area (Å²) in [5.41, 5.74) is -0.0676. The van der Waals surface area contributed by atoms with E-state index in [1.807, 2.05) is 0 Å². The second kappa shape index (κ2) is 5.37. The monoisotopic (exact) mass is 340 g/mol. The molecular formula is C9H11F2IN4. The number of halogens is 3. The Morgan fingerprint density at radius 1 is 1.69 bits per heavy atom. The van der Waals surface area contributed by atoms with Gasteiger partial charge in [-0.15, -0.1) is 0 Å². The number of nitrogens with one attached hydrogen (secondary N) is 2. The summed E-state index contributed by atoms with van der Waals surface area (Å²) in [4.78, 5) is 3.67. The zero-order valence-electron chi connectivity index (χ0n) is 8.54. The Morgan fingerprint density at radius 2 is 2.38 bits per heavy atom. The van der Waals surface area contributed by atoms with Gasteiger partial charge in [0.1, 0.15) is 11.3 Å². The van der Waals surface area contributed by atoms with Crippen molar-refractivity contribution in [3.8, 4) is 0 Å². The molecule has 1 aromatic rings. The lowest BCUT2D eigenvalue weighted by molar-refractivity contribution is 0.135. The maximum Gasteiger partial charge on any atom is 0.298 e. The van der Waals surface area contributed by atoms with Crippen LogP contribution in [0.15, 0.2) is 18.6 Å². The van der Waals surface area contributed by atoms with Crippen LogP contribution in [-0.2, 0) is 0 Å². The Morgan fingerprint density at radius 3 is 2.94 bits per heavy atom. The molecule has 4 nitrogen and oxygen atoms in total. The number of hydrogen-bond acceptors (Lipinski definition) is 3. The summed E-state index contributed by atoms with van der Waals surface area (Å²) in [6, 6.07) is 0. The molecule has 0 atom stereocenters. The quantitative estimate of drug-likeness (QED) is 0.376. The Labute approximate surface area is 101 Å².